The number of anilines is 1. The molecule has 1 fully saturated rings. The number of carbonyl (C=O) groups excluding carboxylic acids is 1. The number of amides is 1. The lowest BCUT2D eigenvalue weighted by atomic mass is 10.3. The zero-order valence-electron chi connectivity index (χ0n) is 16.2. The fraction of sp³-hybridized carbons (Fsp3) is 0.588. The third kappa shape index (κ3) is 5.98. The van der Waals surface area contributed by atoms with Gasteiger partial charge in [-0.3, -0.25) is 4.79 Å². The lowest BCUT2D eigenvalue weighted by Crippen LogP contribution is -2.48. The maximum Gasteiger partial charge on any atom is 0.243 e. The molecule has 0 aromatic heterocycles. The Balaban J connectivity index is 2.13. The molecule has 158 valence electrons. The van der Waals surface area contributed by atoms with Gasteiger partial charge in [-0.05, 0) is 30.7 Å². The van der Waals surface area contributed by atoms with Crippen molar-refractivity contribution < 1.29 is 21.6 Å². The third-order valence-corrected chi connectivity index (χ3v) is 8.12. The number of sulfonamides is 2. The van der Waals surface area contributed by atoms with Crippen LogP contribution in [0.15, 0.2) is 29.2 Å². The molecule has 0 radical (unpaired) electrons. The van der Waals surface area contributed by atoms with Crippen molar-refractivity contribution in [3.63, 3.8) is 0 Å². The summed E-state index contributed by atoms with van der Waals surface area (Å²) in [6, 6.07) is 5.84. The molecule has 0 bridgehead atoms. The minimum Gasteiger partial charge on any atom is -0.326 e. The molecule has 1 aromatic carbocycles. The van der Waals surface area contributed by atoms with Crippen molar-refractivity contribution in [3.8, 4) is 0 Å². The van der Waals surface area contributed by atoms with E-state index in [1.165, 1.54) is 39.8 Å². The van der Waals surface area contributed by atoms with E-state index >= 15 is 0 Å². The van der Waals surface area contributed by atoms with Crippen LogP contribution in [-0.2, 0) is 24.8 Å². The highest BCUT2D eigenvalue weighted by molar-refractivity contribution is 7.90. The van der Waals surface area contributed by atoms with Crippen LogP contribution in [0.4, 0.5) is 5.69 Å². The van der Waals surface area contributed by atoms with Gasteiger partial charge in [0.25, 0.3) is 0 Å². The van der Waals surface area contributed by atoms with E-state index in [9.17, 15) is 21.6 Å². The van der Waals surface area contributed by atoms with Gasteiger partial charge in [0.05, 0.1) is 10.6 Å². The molecule has 1 heterocycles. The Morgan fingerprint density at radius 2 is 1.71 bits per heavy atom. The Hall–Kier alpha value is -1.53. The Morgan fingerprint density at radius 3 is 2.25 bits per heavy atom. The van der Waals surface area contributed by atoms with Crippen LogP contribution in [0.5, 0.6) is 0 Å². The predicted octanol–water partition coefficient (Wildman–Crippen LogP) is 0.281. The van der Waals surface area contributed by atoms with E-state index in [1.807, 2.05) is 6.92 Å². The molecule has 28 heavy (non-hydrogen) atoms. The second-order valence-electron chi connectivity index (χ2n) is 6.57. The van der Waals surface area contributed by atoms with Crippen molar-refractivity contribution >= 4 is 31.6 Å². The average molecular weight is 433 g/mol. The van der Waals surface area contributed by atoms with Crippen LogP contribution in [-0.4, -0.2) is 76.4 Å². The number of hydrogen-bond donors (Lipinski definition) is 2. The fourth-order valence-electron chi connectivity index (χ4n) is 2.93. The summed E-state index contributed by atoms with van der Waals surface area (Å²) in [7, 11) is -7.36. The van der Waals surface area contributed by atoms with E-state index in [0.717, 1.165) is 0 Å². The molecule has 0 unspecified atom stereocenters. The van der Waals surface area contributed by atoms with Crippen LogP contribution in [0.25, 0.3) is 0 Å². The van der Waals surface area contributed by atoms with Crippen LogP contribution in [0.2, 0.25) is 0 Å². The molecule has 1 aromatic rings. The normalized spacial score (nSPS) is 16.2. The number of benzene rings is 1. The lowest BCUT2D eigenvalue weighted by molar-refractivity contribution is -0.114. The van der Waals surface area contributed by atoms with Crippen LogP contribution in [0.1, 0.15) is 20.3 Å². The smallest absolute Gasteiger partial charge is 0.243 e. The number of piperazine rings is 1. The summed E-state index contributed by atoms with van der Waals surface area (Å²) >= 11 is 0. The Morgan fingerprint density at radius 1 is 1.11 bits per heavy atom. The van der Waals surface area contributed by atoms with Gasteiger partial charge < -0.3 is 10.6 Å². The van der Waals surface area contributed by atoms with E-state index < -0.39 is 20.0 Å². The molecular weight excluding hydrogens is 404 g/mol. The van der Waals surface area contributed by atoms with Crippen LogP contribution in [0.3, 0.4) is 0 Å². The second kappa shape index (κ2) is 9.79. The quantitative estimate of drug-likeness (QED) is 0.579. The van der Waals surface area contributed by atoms with Gasteiger partial charge in [-0.1, -0.05) is 6.92 Å². The monoisotopic (exact) mass is 432 g/mol. The Labute approximate surface area is 167 Å². The van der Waals surface area contributed by atoms with E-state index in [0.29, 0.717) is 38.3 Å². The fourth-order valence-corrected chi connectivity index (χ4v) is 6.03. The standard InChI is InChI=1S/C17H28N4O5S2/c1-3-10-21(13-14-27(23,24)20-11-8-18-9-12-20)28(25,26)17-6-4-16(5-7-17)19-15(2)22/h4-7,18H,3,8-14H2,1-2H3,(H,19,22). The van der Waals surface area contributed by atoms with E-state index in [-0.39, 0.29) is 29.6 Å². The molecule has 11 heteroatoms. The van der Waals surface area contributed by atoms with Gasteiger partial charge in [0.1, 0.15) is 0 Å². The minimum atomic E-state index is -3.84. The highest BCUT2D eigenvalue weighted by Gasteiger charge is 2.28. The first-order valence-electron chi connectivity index (χ1n) is 9.23. The maximum absolute atomic E-state index is 13.0. The summed E-state index contributed by atoms with van der Waals surface area (Å²) in [6.07, 6.45) is 0.566. The molecule has 0 aliphatic carbocycles. The summed E-state index contributed by atoms with van der Waals surface area (Å²) in [5.41, 5.74) is 0.495. The number of rotatable bonds is 9. The summed E-state index contributed by atoms with van der Waals surface area (Å²) in [5.74, 6) is -0.503. The Kier molecular flexibility index (Phi) is 7.96. The summed E-state index contributed by atoms with van der Waals surface area (Å²) in [6.45, 7) is 5.32. The maximum atomic E-state index is 13.0. The van der Waals surface area contributed by atoms with Crippen LogP contribution < -0.4 is 10.6 Å². The van der Waals surface area contributed by atoms with Crippen molar-refractivity contribution in [2.75, 3.05) is 50.3 Å². The average Bonchev–Trinajstić information content (AvgIpc) is 2.65. The first-order valence-corrected chi connectivity index (χ1v) is 12.3. The molecule has 1 aliphatic rings. The number of hydrogen-bond acceptors (Lipinski definition) is 6. The van der Waals surface area contributed by atoms with Gasteiger partial charge in [0, 0.05) is 51.9 Å². The third-order valence-electron chi connectivity index (χ3n) is 4.35. The molecule has 2 N–H and O–H groups in total. The van der Waals surface area contributed by atoms with Gasteiger partial charge in [0.15, 0.2) is 0 Å². The molecular formula is C17H28N4O5S2. The van der Waals surface area contributed by atoms with Crippen molar-refractivity contribution in [3.05, 3.63) is 24.3 Å². The van der Waals surface area contributed by atoms with Crippen molar-refractivity contribution in [1.82, 2.24) is 13.9 Å². The van der Waals surface area contributed by atoms with E-state index in [2.05, 4.69) is 10.6 Å². The van der Waals surface area contributed by atoms with Crippen molar-refractivity contribution in [2.24, 2.45) is 0 Å². The van der Waals surface area contributed by atoms with Crippen molar-refractivity contribution in [1.29, 1.82) is 0 Å². The van der Waals surface area contributed by atoms with Crippen LogP contribution >= 0.6 is 0 Å². The first-order chi connectivity index (χ1) is 13.2. The number of nitrogens with one attached hydrogen (secondary N) is 2. The molecule has 0 saturated carbocycles. The number of carbonyl (C=O) groups is 1. The topological polar surface area (TPSA) is 116 Å². The Bertz CT molecular complexity index is 863. The zero-order valence-corrected chi connectivity index (χ0v) is 17.9. The van der Waals surface area contributed by atoms with Crippen molar-refractivity contribution in [2.45, 2.75) is 25.2 Å². The molecule has 1 aliphatic heterocycles. The summed E-state index contributed by atoms with van der Waals surface area (Å²) in [4.78, 5) is 11.2. The molecule has 2 rings (SSSR count). The molecule has 1 amide bonds. The summed E-state index contributed by atoms with van der Waals surface area (Å²) in [5, 5.41) is 5.68. The predicted molar refractivity (Wildman–Crippen MR) is 108 cm³/mol. The first kappa shape index (κ1) is 22.8. The largest absolute Gasteiger partial charge is 0.326 e. The highest BCUT2D eigenvalue weighted by atomic mass is 32.2. The minimum absolute atomic E-state index is 0.0645. The lowest BCUT2D eigenvalue weighted by Gasteiger charge is -2.28. The summed E-state index contributed by atoms with van der Waals surface area (Å²) < 4.78 is 53.6. The van der Waals surface area contributed by atoms with Gasteiger partial charge in [-0.25, -0.2) is 16.8 Å². The second-order valence-corrected chi connectivity index (χ2v) is 10.6. The van der Waals surface area contributed by atoms with E-state index in [4.69, 9.17) is 0 Å². The van der Waals surface area contributed by atoms with E-state index in [1.54, 1.807) is 0 Å². The zero-order chi connectivity index (χ0) is 20.8. The number of nitrogens with zero attached hydrogens (tertiary/aromatic N) is 2. The molecule has 9 nitrogen and oxygen atoms in total. The SMILES string of the molecule is CCCN(CCS(=O)(=O)N1CCNCC1)S(=O)(=O)c1ccc(NC(C)=O)cc1. The van der Waals surface area contributed by atoms with Gasteiger partial charge in [0.2, 0.25) is 26.0 Å². The highest BCUT2D eigenvalue weighted by Crippen LogP contribution is 2.19. The molecule has 1 saturated heterocycles. The molecule has 0 spiro atoms. The van der Waals surface area contributed by atoms with Gasteiger partial charge in [-0.2, -0.15) is 8.61 Å². The van der Waals surface area contributed by atoms with Crippen LogP contribution in [0, 0.1) is 0 Å². The van der Waals surface area contributed by atoms with Gasteiger partial charge >= 0.3 is 0 Å². The molecule has 0 atom stereocenters. The van der Waals surface area contributed by atoms with Gasteiger partial charge in [-0.15, -0.1) is 0 Å².